The quantitative estimate of drug-likeness (QED) is 0.747. The van der Waals surface area contributed by atoms with Crippen LogP contribution in [0.1, 0.15) is 26.2 Å². The molecule has 1 amide bonds. The molecule has 0 aromatic heterocycles. The third-order valence-corrected chi connectivity index (χ3v) is 3.96. The number of amides is 1. The first-order chi connectivity index (χ1) is 7.24. The van der Waals surface area contributed by atoms with E-state index in [1.807, 2.05) is 11.8 Å². The third-order valence-electron chi connectivity index (χ3n) is 2.92. The van der Waals surface area contributed by atoms with E-state index in [-0.39, 0.29) is 11.8 Å². The maximum atomic E-state index is 11.7. The van der Waals surface area contributed by atoms with Crippen LogP contribution in [0, 0.1) is 5.92 Å². The SMILES string of the molecule is CSC(C)CCNC(=O)C1CCCNC1. The first-order valence-corrected chi connectivity index (χ1v) is 7.04. The Hall–Kier alpha value is -0.220. The molecular weight excluding hydrogens is 208 g/mol. The molecule has 1 heterocycles. The largest absolute Gasteiger partial charge is 0.356 e. The molecule has 1 rings (SSSR count). The molecule has 1 aliphatic rings. The van der Waals surface area contributed by atoms with Gasteiger partial charge in [-0.1, -0.05) is 6.92 Å². The van der Waals surface area contributed by atoms with Crippen molar-refractivity contribution < 1.29 is 4.79 Å². The highest BCUT2D eigenvalue weighted by atomic mass is 32.2. The average molecular weight is 230 g/mol. The van der Waals surface area contributed by atoms with Gasteiger partial charge in [-0.3, -0.25) is 4.79 Å². The summed E-state index contributed by atoms with van der Waals surface area (Å²) < 4.78 is 0. The minimum atomic E-state index is 0.198. The highest BCUT2D eigenvalue weighted by Gasteiger charge is 2.20. The molecular formula is C11H22N2OS. The smallest absolute Gasteiger partial charge is 0.224 e. The summed E-state index contributed by atoms with van der Waals surface area (Å²) in [5.41, 5.74) is 0. The van der Waals surface area contributed by atoms with Crippen molar-refractivity contribution in [3.05, 3.63) is 0 Å². The number of hydrogen-bond acceptors (Lipinski definition) is 3. The van der Waals surface area contributed by atoms with Crippen molar-refractivity contribution in [1.29, 1.82) is 0 Å². The third kappa shape index (κ3) is 4.89. The van der Waals surface area contributed by atoms with E-state index in [1.54, 1.807) is 0 Å². The highest BCUT2D eigenvalue weighted by Crippen LogP contribution is 2.11. The molecule has 0 aromatic carbocycles. The zero-order valence-electron chi connectivity index (χ0n) is 9.71. The van der Waals surface area contributed by atoms with Crippen LogP contribution in [0.4, 0.5) is 0 Å². The number of carbonyl (C=O) groups is 1. The lowest BCUT2D eigenvalue weighted by Crippen LogP contribution is -2.41. The summed E-state index contributed by atoms with van der Waals surface area (Å²) in [5, 5.41) is 6.92. The topological polar surface area (TPSA) is 41.1 Å². The molecule has 4 heteroatoms. The van der Waals surface area contributed by atoms with Gasteiger partial charge in [0.25, 0.3) is 0 Å². The fraction of sp³-hybridized carbons (Fsp3) is 0.909. The van der Waals surface area contributed by atoms with E-state index in [9.17, 15) is 4.79 Å². The van der Waals surface area contributed by atoms with Gasteiger partial charge >= 0.3 is 0 Å². The molecule has 1 aliphatic heterocycles. The van der Waals surface area contributed by atoms with Crippen molar-refractivity contribution in [3.63, 3.8) is 0 Å². The van der Waals surface area contributed by atoms with E-state index < -0.39 is 0 Å². The Morgan fingerprint density at radius 2 is 2.47 bits per heavy atom. The fourth-order valence-corrected chi connectivity index (χ4v) is 2.09. The predicted octanol–water partition coefficient (Wildman–Crippen LogP) is 1.24. The molecule has 1 saturated heterocycles. The van der Waals surface area contributed by atoms with Crippen LogP contribution in [0.25, 0.3) is 0 Å². The van der Waals surface area contributed by atoms with E-state index >= 15 is 0 Å². The predicted molar refractivity (Wildman–Crippen MR) is 66.2 cm³/mol. The second kappa shape index (κ2) is 7.12. The average Bonchev–Trinajstić information content (AvgIpc) is 2.29. The number of hydrogen-bond donors (Lipinski definition) is 2. The monoisotopic (exact) mass is 230 g/mol. The zero-order chi connectivity index (χ0) is 11.1. The normalized spacial score (nSPS) is 23.5. The Labute approximate surface area is 96.8 Å². The minimum absolute atomic E-state index is 0.198. The lowest BCUT2D eigenvalue weighted by atomic mass is 9.99. The van der Waals surface area contributed by atoms with Gasteiger partial charge in [-0.15, -0.1) is 0 Å². The van der Waals surface area contributed by atoms with Gasteiger partial charge in [-0.05, 0) is 32.1 Å². The lowest BCUT2D eigenvalue weighted by Gasteiger charge is -2.22. The van der Waals surface area contributed by atoms with E-state index in [2.05, 4.69) is 23.8 Å². The van der Waals surface area contributed by atoms with Gasteiger partial charge in [0.05, 0.1) is 5.92 Å². The summed E-state index contributed by atoms with van der Waals surface area (Å²) in [4.78, 5) is 11.7. The second-order valence-electron chi connectivity index (χ2n) is 4.17. The number of piperidine rings is 1. The van der Waals surface area contributed by atoms with Gasteiger partial charge in [0.1, 0.15) is 0 Å². The van der Waals surface area contributed by atoms with Gasteiger partial charge in [-0.2, -0.15) is 11.8 Å². The van der Waals surface area contributed by atoms with Crippen molar-refractivity contribution in [1.82, 2.24) is 10.6 Å². The zero-order valence-corrected chi connectivity index (χ0v) is 10.5. The van der Waals surface area contributed by atoms with Crippen LogP contribution in [0.3, 0.4) is 0 Å². The molecule has 88 valence electrons. The van der Waals surface area contributed by atoms with Gasteiger partial charge in [0.2, 0.25) is 5.91 Å². The Morgan fingerprint density at radius 3 is 3.07 bits per heavy atom. The minimum Gasteiger partial charge on any atom is -0.356 e. The summed E-state index contributed by atoms with van der Waals surface area (Å²) in [6.45, 7) is 4.92. The molecule has 1 fully saturated rings. The lowest BCUT2D eigenvalue weighted by molar-refractivity contribution is -0.125. The van der Waals surface area contributed by atoms with Gasteiger partial charge in [0, 0.05) is 18.3 Å². The molecule has 0 bridgehead atoms. The summed E-state index contributed by atoms with van der Waals surface area (Å²) in [6, 6.07) is 0. The molecule has 2 N–H and O–H groups in total. The highest BCUT2D eigenvalue weighted by molar-refractivity contribution is 7.99. The van der Waals surface area contributed by atoms with E-state index in [0.29, 0.717) is 5.25 Å². The molecule has 0 radical (unpaired) electrons. The molecule has 2 atom stereocenters. The molecule has 3 nitrogen and oxygen atoms in total. The van der Waals surface area contributed by atoms with Crippen molar-refractivity contribution in [2.75, 3.05) is 25.9 Å². The number of thioether (sulfide) groups is 1. The Bertz CT molecular complexity index is 193. The van der Waals surface area contributed by atoms with E-state index in [1.165, 1.54) is 0 Å². The summed E-state index contributed by atoms with van der Waals surface area (Å²) in [6.07, 6.45) is 5.33. The summed E-state index contributed by atoms with van der Waals surface area (Å²) >= 11 is 1.85. The van der Waals surface area contributed by atoms with Crippen LogP contribution in [0.5, 0.6) is 0 Å². The van der Waals surface area contributed by atoms with Crippen LogP contribution in [-0.2, 0) is 4.79 Å². The summed E-state index contributed by atoms with van der Waals surface area (Å²) in [5.74, 6) is 0.429. The van der Waals surface area contributed by atoms with Crippen molar-refractivity contribution in [3.8, 4) is 0 Å². The van der Waals surface area contributed by atoms with Crippen molar-refractivity contribution in [2.24, 2.45) is 5.92 Å². The second-order valence-corrected chi connectivity index (χ2v) is 5.45. The van der Waals surface area contributed by atoms with Crippen LogP contribution in [0.15, 0.2) is 0 Å². The van der Waals surface area contributed by atoms with Crippen LogP contribution in [-0.4, -0.2) is 37.0 Å². The number of nitrogens with one attached hydrogen (secondary N) is 2. The molecule has 0 aliphatic carbocycles. The molecule has 0 saturated carbocycles. The van der Waals surface area contributed by atoms with Gasteiger partial charge < -0.3 is 10.6 Å². The van der Waals surface area contributed by atoms with Crippen LogP contribution in [0.2, 0.25) is 0 Å². The van der Waals surface area contributed by atoms with Gasteiger partial charge in [0.15, 0.2) is 0 Å². The molecule has 2 unspecified atom stereocenters. The van der Waals surface area contributed by atoms with Crippen LogP contribution >= 0.6 is 11.8 Å². The maximum Gasteiger partial charge on any atom is 0.224 e. The van der Waals surface area contributed by atoms with Gasteiger partial charge in [-0.25, -0.2) is 0 Å². The Kier molecular flexibility index (Phi) is 6.10. The fourth-order valence-electron chi connectivity index (χ4n) is 1.74. The van der Waals surface area contributed by atoms with E-state index in [4.69, 9.17) is 0 Å². The van der Waals surface area contributed by atoms with E-state index in [0.717, 1.165) is 38.9 Å². The summed E-state index contributed by atoms with van der Waals surface area (Å²) in [7, 11) is 0. The van der Waals surface area contributed by atoms with Crippen molar-refractivity contribution in [2.45, 2.75) is 31.4 Å². The molecule has 0 aromatic rings. The van der Waals surface area contributed by atoms with Crippen LogP contribution < -0.4 is 10.6 Å². The number of rotatable bonds is 5. The Balaban J connectivity index is 2.12. The standard InChI is InChI=1S/C11H22N2OS/c1-9(15-2)5-7-13-11(14)10-4-3-6-12-8-10/h9-10,12H,3-8H2,1-2H3,(H,13,14). The molecule has 15 heavy (non-hydrogen) atoms. The maximum absolute atomic E-state index is 11.7. The Morgan fingerprint density at radius 1 is 1.67 bits per heavy atom. The van der Waals surface area contributed by atoms with Crippen molar-refractivity contribution >= 4 is 17.7 Å². The first-order valence-electron chi connectivity index (χ1n) is 5.75. The molecule has 0 spiro atoms. The number of carbonyl (C=O) groups excluding carboxylic acids is 1. The first kappa shape index (κ1) is 12.8.